The number of nitro benzene ring substituents is 1. The largest absolute Gasteiger partial charge is 0.481 e. The van der Waals surface area contributed by atoms with Crippen LogP contribution in [0.2, 0.25) is 0 Å². The van der Waals surface area contributed by atoms with Crippen molar-refractivity contribution in [3.05, 3.63) is 63.2 Å². The van der Waals surface area contributed by atoms with E-state index in [1.54, 1.807) is 19.1 Å². The molecule has 0 aromatic heterocycles. The zero-order valence-electron chi connectivity index (χ0n) is 17.8. The number of aryl methyl sites for hydroxylation is 1. The molecule has 1 heterocycles. The van der Waals surface area contributed by atoms with Crippen molar-refractivity contribution in [1.29, 1.82) is 0 Å². The second kappa shape index (κ2) is 9.46. The van der Waals surface area contributed by atoms with Gasteiger partial charge in [0.15, 0.2) is 6.10 Å². The first-order valence-corrected chi connectivity index (χ1v) is 10.1. The van der Waals surface area contributed by atoms with Gasteiger partial charge in [0, 0.05) is 24.7 Å². The Morgan fingerprint density at radius 3 is 2.52 bits per heavy atom. The van der Waals surface area contributed by atoms with Crippen molar-refractivity contribution in [3.63, 3.8) is 0 Å². The molecule has 0 aliphatic carbocycles. The Morgan fingerprint density at radius 1 is 1.13 bits per heavy atom. The van der Waals surface area contributed by atoms with Crippen molar-refractivity contribution >= 4 is 23.2 Å². The van der Waals surface area contributed by atoms with Gasteiger partial charge in [-0.05, 0) is 62.9 Å². The Balaban J connectivity index is 1.63. The van der Waals surface area contributed by atoms with Crippen LogP contribution in [0.4, 0.5) is 11.4 Å². The van der Waals surface area contributed by atoms with Crippen LogP contribution in [-0.4, -0.2) is 35.9 Å². The number of ether oxygens (including phenoxy) is 1. The Kier molecular flexibility index (Phi) is 6.74. The summed E-state index contributed by atoms with van der Waals surface area (Å²) in [7, 11) is 0. The lowest BCUT2D eigenvalue weighted by Crippen LogP contribution is -2.47. The molecule has 1 fully saturated rings. The highest BCUT2D eigenvalue weighted by atomic mass is 16.6. The maximum Gasteiger partial charge on any atom is 0.293 e. The van der Waals surface area contributed by atoms with Gasteiger partial charge >= 0.3 is 0 Å². The van der Waals surface area contributed by atoms with Gasteiger partial charge < -0.3 is 9.64 Å². The summed E-state index contributed by atoms with van der Waals surface area (Å²) in [5.41, 5.74) is 7.02. The fraction of sp³-hybridized carbons (Fsp3) is 0.364. The average molecular weight is 426 g/mol. The van der Waals surface area contributed by atoms with Crippen LogP contribution < -0.4 is 20.5 Å². The van der Waals surface area contributed by atoms with E-state index < -0.39 is 22.8 Å². The van der Waals surface area contributed by atoms with Gasteiger partial charge in [0.2, 0.25) is 0 Å². The minimum Gasteiger partial charge on any atom is -0.481 e. The van der Waals surface area contributed by atoms with E-state index in [9.17, 15) is 19.7 Å². The highest BCUT2D eigenvalue weighted by Crippen LogP contribution is 2.31. The van der Waals surface area contributed by atoms with Crippen LogP contribution in [0, 0.1) is 24.0 Å². The van der Waals surface area contributed by atoms with E-state index in [1.165, 1.54) is 12.1 Å². The zero-order chi connectivity index (χ0) is 22.5. The third-order valence-corrected chi connectivity index (χ3v) is 5.41. The van der Waals surface area contributed by atoms with Crippen molar-refractivity contribution in [2.24, 2.45) is 0 Å². The molecule has 0 saturated carbocycles. The lowest BCUT2D eigenvalue weighted by atomic mass is 10.1. The summed E-state index contributed by atoms with van der Waals surface area (Å²) in [5.74, 6) is -0.608. The van der Waals surface area contributed by atoms with E-state index in [1.807, 2.05) is 30.9 Å². The summed E-state index contributed by atoms with van der Waals surface area (Å²) in [6.45, 7) is 6.91. The van der Waals surface area contributed by atoms with Crippen LogP contribution >= 0.6 is 0 Å². The van der Waals surface area contributed by atoms with Crippen LogP contribution in [0.5, 0.6) is 5.75 Å². The minimum atomic E-state index is -0.854. The summed E-state index contributed by atoms with van der Waals surface area (Å²) < 4.78 is 5.69. The topological polar surface area (TPSA) is 114 Å². The molecule has 2 amide bonds. The molecule has 1 aliphatic heterocycles. The van der Waals surface area contributed by atoms with Gasteiger partial charge in [-0.25, -0.2) is 0 Å². The van der Waals surface area contributed by atoms with E-state index in [2.05, 4.69) is 10.9 Å². The molecule has 3 rings (SSSR count). The fourth-order valence-electron chi connectivity index (χ4n) is 3.42. The Morgan fingerprint density at radius 2 is 1.84 bits per heavy atom. The predicted molar refractivity (Wildman–Crippen MR) is 116 cm³/mol. The number of nitro groups is 1. The third kappa shape index (κ3) is 5.11. The van der Waals surface area contributed by atoms with Gasteiger partial charge in [-0.1, -0.05) is 12.1 Å². The van der Waals surface area contributed by atoms with Crippen molar-refractivity contribution in [2.75, 3.05) is 18.0 Å². The lowest BCUT2D eigenvalue weighted by molar-refractivity contribution is -0.384. The van der Waals surface area contributed by atoms with Crippen LogP contribution in [0.15, 0.2) is 36.4 Å². The second-order valence-corrected chi connectivity index (χ2v) is 7.56. The number of hydrazine groups is 1. The van der Waals surface area contributed by atoms with E-state index in [0.717, 1.165) is 37.1 Å². The van der Waals surface area contributed by atoms with E-state index in [4.69, 9.17) is 4.74 Å². The number of benzene rings is 2. The standard InChI is InChI=1S/C22H26N4O5/c1-14-7-6-8-20(15(14)2)31-16(3)21(27)23-24-22(28)17-9-10-18(19(13-17)26(29)30)25-11-4-5-12-25/h6-10,13,16H,4-5,11-12H2,1-3H3,(H,23,27)(H,24,28). The quantitative estimate of drug-likeness (QED) is 0.542. The first kappa shape index (κ1) is 22.1. The average Bonchev–Trinajstić information content (AvgIpc) is 3.29. The number of amides is 2. The SMILES string of the molecule is Cc1cccc(OC(C)C(=O)NNC(=O)c2ccc(N3CCCC3)c([N+](=O)[O-])c2)c1C. The molecular formula is C22H26N4O5. The second-order valence-electron chi connectivity index (χ2n) is 7.56. The maximum atomic E-state index is 12.4. The molecule has 2 aromatic rings. The van der Waals surface area contributed by atoms with Gasteiger partial charge in [0.05, 0.1) is 4.92 Å². The molecule has 31 heavy (non-hydrogen) atoms. The maximum absolute atomic E-state index is 12.4. The predicted octanol–water partition coefficient (Wildman–Crippen LogP) is 3.04. The number of rotatable bonds is 6. The molecule has 0 radical (unpaired) electrons. The van der Waals surface area contributed by atoms with Crippen LogP contribution in [0.25, 0.3) is 0 Å². The third-order valence-electron chi connectivity index (χ3n) is 5.41. The van der Waals surface area contributed by atoms with Gasteiger partial charge in [0.25, 0.3) is 17.5 Å². The molecule has 164 valence electrons. The molecule has 0 bridgehead atoms. The van der Waals surface area contributed by atoms with Crippen LogP contribution in [-0.2, 0) is 4.79 Å². The highest BCUT2D eigenvalue weighted by Gasteiger charge is 2.24. The van der Waals surface area contributed by atoms with Gasteiger partial charge in [-0.3, -0.25) is 30.6 Å². The van der Waals surface area contributed by atoms with Crippen molar-refractivity contribution in [2.45, 2.75) is 39.7 Å². The summed E-state index contributed by atoms with van der Waals surface area (Å²) in [6, 6.07) is 9.87. The molecular weight excluding hydrogens is 400 g/mol. The van der Waals surface area contributed by atoms with Crippen molar-refractivity contribution < 1.29 is 19.2 Å². The van der Waals surface area contributed by atoms with E-state index >= 15 is 0 Å². The van der Waals surface area contributed by atoms with Crippen molar-refractivity contribution in [1.82, 2.24) is 10.9 Å². The van der Waals surface area contributed by atoms with E-state index in [0.29, 0.717) is 11.4 Å². The van der Waals surface area contributed by atoms with Gasteiger partial charge in [0.1, 0.15) is 11.4 Å². The summed E-state index contributed by atoms with van der Waals surface area (Å²) in [6.07, 6.45) is 1.11. The first-order chi connectivity index (χ1) is 14.8. The zero-order valence-corrected chi connectivity index (χ0v) is 17.8. The molecule has 9 heteroatoms. The Bertz CT molecular complexity index is 1000. The molecule has 2 aromatic carbocycles. The molecule has 1 saturated heterocycles. The number of nitrogens with zero attached hydrogens (tertiary/aromatic N) is 2. The molecule has 9 nitrogen and oxygen atoms in total. The number of nitrogens with one attached hydrogen (secondary N) is 2. The first-order valence-electron chi connectivity index (χ1n) is 10.1. The number of anilines is 1. The molecule has 1 atom stereocenters. The minimum absolute atomic E-state index is 0.0815. The molecule has 2 N–H and O–H groups in total. The number of hydrogen-bond acceptors (Lipinski definition) is 6. The summed E-state index contributed by atoms with van der Waals surface area (Å²) in [5, 5.41) is 11.5. The van der Waals surface area contributed by atoms with E-state index in [-0.39, 0.29) is 11.3 Å². The van der Waals surface area contributed by atoms with Gasteiger partial charge in [-0.15, -0.1) is 0 Å². The lowest BCUT2D eigenvalue weighted by Gasteiger charge is -2.18. The van der Waals surface area contributed by atoms with Crippen LogP contribution in [0.3, 0.4) is 0 Å². The summed E-state index contributed by atoms with van der Waals surface area (Å²) >= 11 is 0. The van der Waals surface area contributed by atoms with Crippen molar-refractivity contribution in [3.8, 4) is 5.75 Å². The summed E-state index contributed by atoms with van der Waals surface area (Å²) in [4.78, 5) is 37.7. The molecule has 0 spiro atoms. The fourth-order valence-corrected chi connectivity index (χ4v) is 3.42. The number of carbonyl (C=O) groups is 2. The molecule has 1 unspecified atom stereocenters. The van der Waals surface area contributed by atoms with Crippen LogP contribution in [0.1, 0.15) is 41.3 Å². The Hall–Kier alpha value is -3.62. The Labute approximate surface area is 180 Å². The molecule has 1 aliphatic rings. The van der Waals surface area contributed by atoms with Gasteiger partial charge in [-0.2, -0.15) is 0 Å². The number of carbonyl (C=O) groups excluding carboxylic acids is 2. The number of hydrogen-bond donors (Lipinski definition) is 2. The normalized spacial score (nSPS) is 14.1. The monoisotopic (exact) mass is 426 g/mol. The smallest absolute Gasteiger partial charge is 0.293 e. The highest BCUT2D eigenvalue weighted by molar-refractivity contribution is 5.97.